The van der Waals surface area contributed by atoms with Gasteiger partial charge in [-0.15, -0.1) is 0 Å². The average Bonchev–Trinajstić information content (AvgIpc) is 2.82. The Labute approximate surface area is 127 Å². The standard InChI is InChI=1S/C15H27ClN4/c1-4-20-15(13(16)9-18-20)14(19-17)12-7-5-11(6-8-12)10(2)3/h9-12,14,19H,4-8,17H2,1-3H3. The van der Waals surface area contributed by atoms with Crippen molar-refractivity contribution in [3.05, 3.63) is 16.9 Å². The molecule has 2 rings (SSSR count). The highest BCUT2D eigenvalue weighted by atomic mass is 35.5. The third-order valence-electron chi connectivity index (χ3n) is 4.84. The van der Waals surface area contributed by atoms with E-state index in [4.69, 9.17) is 17.4 Å². The number of nitrogens with two attached hydrogens (primary N) is 1. The molecule has 1 heterocycles. The summed E-state index contributed by atoms with van der Waals surface area (Å²) in [5.41, 5.74) is 4.03. The fourth-order valence-electron chi connectivity index (χ4n) is 3.52. The molecule has 0 bridgehead atoms. The van der Waals surface area contributed by atoms with Crippen molar-refractivity contribution in [1.29, 1.82) is 0 Å². The number of rotatable bonds is 5. The number of hydrazine groups is 1. The highest BCUT2D eigenvalue weighted by Crippen LogP contribution is 2.40. The molecule has 0 aromatic carbocycles. The fraction of sp³-hybridized carbons (Fsp3) is 0.800. The number of nitrogens with zero attached hydrogens (tertiary/aromatic N) is 2. The van der Waals surface area contributed by atoms with Crippen LogP contribution in [0.3, 0.4) is 0 Å². The van der Waals surface area contributed by atoms with Gasteiger partial charge in [0, 0.05) is 6.54 Å². The molecule has 0 spiro atoms. The van der Waals surface area contributed by atoms with E-state index in [1.807, 2.05) is 4.68 Å². The molecule has 1 fully saturated rings. The fourth-order valence-corrected chi connectivity index (χ4v) is 3.78. The summed E-state index contributed by atoms with van der Waals surface area (Å²) in [5.74, 6) is 8.02. The lowest BCUT2D eigenvalue weighted by Crippen LogP contribution is -2.37. The van der Waals surface area contributed by atoms with Crippen LogP contribution < -0.4 is 11.3 Å². The Morgan fingerprint density at radius 3 is 2.45 bits per heavy atom. The first kappa shape index (κ1) is 15.8. The van der Waals surface area contributed by atoms with E-state index < -0.39 is 0 Å². The lowest BCUT2D eigenvalue weighted by Gasteiger charge is -2.35. The molecule has 20 heavy (non-hydrogen) atoms. The quantitative estimate of drug-likeness (QED) is 0.646. The van der Waals surface area contributed by atoms with Crippen LogP contribution in [0.4, 0.5) is 0 Å². The number of hydrogen-bond donors (Lipinski definition) is 2. The van der Waals surface area contributed by atoms with Crippen LogP contribution in [0.25, 0.3) is 0 Å². The maximum atomic E-state index is 6.32. The van der Waals surface area contributed by atoms with E-state index in [0.29, 0.717) is 5.92 Å². The Bertz CT molecular complexity index is 422. The minimum atomic E-state index is 0.109. The van der Waals surface area contributed by atoms with E-state index in [9.17, 15) is 0 Å². The first-order chi connectivity index (χ1) is 9.58. The van der Waals surface area contributed by atoms with Gasteiger partial charge in [-0.3, -0.25) is 16.0 Å². The second kappa shape index (κ2) is 6.92. The molecule has 0 radical (unpaired) electrons. The normalized spacial score (nSPS) is 25.1. The lowest BCUT2D eigenvalue weighted by atomic mass is 9.74. The zero-order valence-corrected chi connectivity index (χ0v) is 13.5. The molecule has 5 heteroatoms. The Kier molecular flexibility index (Phi) is 5.47. The van der Waals surface area contributed by atoms with Gasteiger partial charge in [-0.05, 0) is 50.4 Å². The van der Waals surface area contributed by atoms with Crippen molar-refractivity contribution in [2.45, 2.75) is 59.0 Å². The van der Waals surface area contributed by atoms with Crippen LogP contribution in [0.15, 0.2) is 6.20 Å². The molecule has 114 valence electrons. The second-order valence-electron chi connectivity index (χ2n) is 6.26. The van der Waals surface area contributed by atoms with Crippen molar-refractivity contribution in [3.63, 3.8) is 0 Å². The smallest absolute Gasteiger partial charge is 0.0834 e. The predicted molar refractivity (Wildman–Crippen MR) is 83.3 cm³/mol. The molecule has 4 nitrogen and oxygen atoms in total. The van der Waals surface area contributed by atoms with E-state index in [2.05, 4.69) is 31.3 Å². The second-order valence-corrected chi connectivity index (χ2v) is 6.66. The van der Waals surface area contributed by atoms with E-state index in [0.717, 1.165) is 29.1 Å². The van der Waals surface area contributed by atoms with Crippen molar-refractivity contribution in [1.82, 2.24) is 15.2 Å². The van der Waals surface area contributed by atoms with E-state index in [1.165, 1.54) is 25.7 Å². The highest BCUT2D eigenvalue weighted by Gasteiger charge is 2.32. The van der Waals surface area contributed by atoms with Crippen molar-refractivity contribution in [3.8, 4) is 0 Å². The van der Waals surface area contributed by atoms with Crippen LogP contribution >= 0.6 is 11.6 Å². The molecule has 3 N–H and O–H groups in total. The van der Waals surface area contributed by atoms with Crippen LogP contribution in [0.2, 0.25) is 5.02 Å². The van der Waals surface area contributed by atoms with Crippen LogP contribution in [0, 0.1) is 17.8 Å². The molecule has 0 saturated heterocycles. The molecule has 1 aliphatic rings. The number of aryl methyl sites for hydroxylation is 1. The third-order valence-corrected chi connectivity index (χ3v) is 5.13. The largest absolute Gasteiger partial charge is 0.271 e. The molecule has 1 aliphatic carbocycles. The molecule has 1 unspecified atom stereocenters. The first-order valence-corrected chi connectivity index (χ1v) is 8.13. The van der Waals surface area contributed by atoms with Gasteiger partial charge in [0.15, 0.2) is 0 Å². The molecule has 0 aliphatic heterocycles. The molecular weight excluding hydrogens is 272 g/mol. The van der Waals surface area contributed by atoms with Gasteiger partial charge < -0.3 is 0 Å². The van der Waals surface area contributed by atoms with Crippen LogP contribution in [0.1, 0.15) is 58.2 Å². The van der Waals surface area contributed by atoms with E-state index in [1.54, 1.807) is 6.20 Å². The number of hydrogen-bond acceptors (Lipinski definition) is 3. The Morgan fingerprint density at radius 1 is 1.35 bits per heavy atom. The van der Waals surface area contributed by atoms with Gasteiger partial charge in [0.25, 0.3) is 0 Å². The van der Waals surface area contributed by atoms with Gasteiger partial charge in [0.2, 0.25) is 0 Å². The van der Waals surface area contributed by atoms with Crippen LogP contribution in [0.5, 0.6) is 0 Å². The zero-order valence-electron chi connectivity index (χ0n) is 12.8. The minimum absolute atomic E-state index is 0.109. The summed E-state index contributed by atoms with van der Waals surface area (Å²) < 4.78 is 1.96. The molecule has 1 aromatic rings. The predicted octanol–water partition coefficient (Wildman–Crippen LogP) is 3.52. The summed E-state index contributed by atoms with van der Waals surface area (Å²) in [6.45, 7) is 7.55. The number of halogens is 1. The summed E-state index contributed by atoms with van der Waals surface area (Å²) in [7, 11) is 0. The Morgan fingerprint density at radius 2 is 1.95 bits per heavy atom. The summed E-state index contributed by atoms with van der Waals surface area (Å²) in [4.78, 5) is 0. The van der Waals surface area contributed by atoms with Gasteiger partial charge in [0.05, 0.1) is 23.0 Å². The lowest BCUT2D eigenvalue weighted by molar-refractivity contribution is 0.185. The molecule has 1 aromatic heterocycles. The maximum absolute atomic E-state index is 6.32. The van der Waals surface area contributed by atoms with E-state index in [-0.39, 0.29) is 6.04 Å². The zero-order chi connectivity index (χ0) is 14.7. The van der Waals surface area contributed by atoms with Crippen LogP contribution in [-0.4, -0.2) is 9.78 Å². The Balaban J connectivity index is 2.11. The van der Waals surface area contributed by atoms with Crippen molar-refractivity contribution < 1.29 is 0 Å². The van der Waals surface area contributed by atoms with Gasteiger partial charge >= 0.3 is 0 Å². The first-order valence-electron chi connectivity index (χ1n) is 7.75. The van der Waals surface area contributed by atoms with Crippen molar-refractivity contribution in [2.75, 3.05) is 0 Å². The van der Waals surface area contributed by atoms with Gasteiger partial charge in [-0.1, -0.05) is 25.4 Å². The van der Waals surface area contributed by atoms with Gasteiger partial charge in [0.1, 0.15) is 0 Å². The van der Waals surface area contributed by atoms with Gasteiger partial charge in [-0.2, -0.15) is 5.10 Å². The van der Waals surface area contributed by atoms with Gasteiger partial charge in [-0.25, -0.2) is 0 Å². The molecule has 1 saturated carbocycles. The molecular formula is C15H27ClN4. The number of aromatic nitrogens is 2. The summed E-state index contributed by atoms with van der Waals surface area (Å²) >= 11 is 6.32. The Hall–Kier alpha value is -0.580. The number of nitrogens with one attached hydrogen (secondary N) is 1. The maximum Gasteiger partial charge on any atom is 0.0834 e. The summed E-state index contributed by atoms with van der Waals surface area (Å²) in [6, 6.07) is 0.109. The van der Waals surface area contributed by atoms with Crippen molar-refractivity contribution >= 4 is 11.6 Å². The minimum Gasteiger partial charge on any atom is -0.271 e. The monoisotopic (exact) mass is 298 g/mol. The summed E-state index contributed by atoms with van der Waals surface area (Å²) in [6.07, 6.45) is 6.73. The van der Waals surface area contributed by atoms with Crippen molar-refractivity contribution in [2.24, 2.45) is 23.6 Å². The average molecular weight is 299 g/mol. The topological polar surface area (TPSA) is 55.9 Å². The SMILES string of the molecule is CCn1ncc(Cl)c1C(NN)C1CCC(C(C)C)CC1. The van der Waals surface area contributed by atoms with E-state index >= 15 is 0 Å². The third kappa shape index (κ3) is 3.18. The summed E-state index contributed by atoms with van der Waals surface area (Å²) in [5, 5.41) is 5.05. The highest BCUT2D eigenvalue weighted by molar-refractivity contribution is 6.31. The van der Waals surface area contributed by atoms with Crippen LogP contribution in [-0.2, 0) is 6.54 Å². The molecule has 1 atom stereocenters. The molecule has 0 amide bonds.